The minimum atomic E-state index is -0.269. The molecule has 132 valence electrons. The lowest BCUT2D eigenvalue weighted by atomic mass is 9.89. The average molecular weight is 333 g/mol. The van der Waals surface area contributed by atoms with Crippen molar-refractivity contribution in [1.29, 1.82) is 0 Å². The van der Waals surface area contributed by atoms with E-state index in [1.165, 1.54) is 0 Å². The van der Waals surface area contributed by atoms with Gasteiger partial charge in [0.25, 0.3) is 0 Å². The highest BCUT2D eigenvalue weighted by atomic mass is 16.5. The third kappa shape index (κ3) is 3.80. The van der Waals surface area contributed by atoms with Crippen LogP contribution in [-0.2, 0) is 4.74 Å². The summed E-state index contributed by atoms with van der Waals surface area (Å²) in [7, 11) is 0. The van der Waals surface area contributed by atoms with Crippen LogP contribution in [0.15, 0.2) is 24.5 Å². The molecule has 0 unspecified atom stereocenters. The predicted octanol–water partition coefficient (Wildman–Crippen LogP) is 2.45. The lowest BCUT2D eigenvalue weighted by molar-refractivity contribution is -0.125. The summed E-state index contributed by atoms with van der Waals surface area (Å²) in [6, 6.07) is 3.93. The van der Waals surface area contributed by atoms with Crippen molar-refractivity contribution in [3.05, 3.63) is 24.5 Å². The van der Waals surface area contributed by atoms with E-state index in [0.717, 1.165) is 25.0 Å². The van der Waals surface area contributed by atoms with Crippen LogP contribution in [0.1, 0.15) is 33.1 Å². The van der Waals surface area contributed by atoms with Crippen molar-refractivity contribution in [2.75, 3.05) is 26.3 Å². The van der Waals surface area contributed by atoms with Gasteiger partial charge in [-0.25, -0.2) is 4.79 Å². The van der Waals surface area contributed by atoms with E-state index in [1.54, 1.807) is 12.4 Å². The number of nitrogens with one attached hydrogen (secondary N) is 1. The number of hydrogen-bond donors (Lipinski definition) is 1. The topological polar surface area (TPSA) is 63.7 Å². The monoisotopic (exact) mass is 333 g/mol. The van der Waals surface area contributed by atoms with Gasteiger partial charge in [-0.05, 0) is 45.2 Å². The molecule has 1 saturated heterocycles. The largest absolute Gasteiger partial charge is 0.492 e. The standard InChI is InChI=1S/C18H27N3O3/c1-14(2)20-17(22)21-9-10-24-18(13-21)7-3-5-15(18)12-23-16-6-4-8-19-11-16/h4,6,8,11,14-15H,3,5,7,9-10,12-13H2,1-2H3,(H,20,22)/t15-,18-/m1/s1. The summed E-state index contributed by atoms with van der Waals surface area (Å²) in [6.07, 6.45) is 6.63. The predicted molar refractivity (Wildman–Crippen MR) is 91.0 cm³/mol. The van der Waals surface area contributed by atoms with Crippen LogP contribution in [0.3, 0.4) is 0 Å². The molecule has 0 bridgehead atoms. The third-order valence-electron chi connectivity index (χ3n) is 4.89. The average Bonchev–Trinajstić information content (AvgIpc) is 2.95. The van der Waals surface area contributed by atoms with Gasteiger partial charge in [-0.15, -0.1) is 0 Å². The number of morpholine rings is 1. The van der Waals surface area contributed by atoms with Gasteiger partial charge in [0.15, 0.2) is 0 Å². The van der Waals surface area contributed by atoms with Crippen LogP contribution >= 0.6 is 0 Å². The van der Waals surface area contributed by atoms with Gasteiger partial charge < -0.3 is 19.7 Å². The van der Waals surface area contributed by atoms with Crippen molar-refractivity contribution in [2.45, 2.75) is 44.8 Å². The molecule has 6 heteroatoms. The van der Waals surface area contributed by atoms with Crippen molar-refractivity contribution in [1.82, 2.24) is 15.2 Å². The van der Waals surface area contributed by atoms with Gasteiger partial charge in [0.1, 0.15) is 5.75 Å². The molecule has 2 aliphatic rings. The SMILES string of the molecule is CC(C)NC(=O)N1CCO[C@]2(CCC[C@@H]2COc2cccnc2)C1. The fourth-order valence-electron chi connectivity index (χ4n) is 3.70. The van der Waals surface area contributed by atoms with Crippen molar-refractivity contribution in [2.24, 2.45) is 5.92 Å². The highest BCUT2D eigenvalue weighted by molar-refractivity contribution is 5.74. The quantitative estimate of drug-likeness (QED) is 0.919. The Balaban J connectivity index is 1.63. The number of nitrogens with zero attached hydrogens (tertiary/aromatic N) is 2. The van der Waals surface area contributed by atoms with E-state index in [9.17, 15) is 4.79 Å². The molecule has 1 aliphatic carbocycles. The summed E-state index contributed by atoms with van der Waals surface area (Å²) in [6.45, 7) is 6.45. The van der Waals surface area contributed by atoms with Crippen molar-refractivity contribution >= 4 is 6.03 Å². The highest BCUT2D eigenvalue weighted by Crippen LogP contribution is 2.41. The molecule has 3 rings (SSSR count). The zero-order chi connectivity index (χ0) is 17.0. The first-order valence-corrected chi connectivity index (χ1v) is 8.81. The molecule has 2 amide bonds. The molecule has 6 nitrogen and oxygen atoms in total. The van der Waals surface area contributed by atoms with E-state index in [2.05, 4.69) is 10.3 Å². The van der Waals surface area contributed by atoms with E-state index < -0.39 is 0 Å². The van der Waals surface area contributed by atoms with Gasteiger partial charge in [0.05, 0.1) is 31.6 Å². The molecule has 1 aromatic rings. The zero-order valence-electron chi connectivity index (χ0n) is 14.5. The van der Waals surface area contributed by atoms with Crippen LogP contribution in [0, 0.1) is 5.92 Å². The number of ether oxygens (including phenoxy) is 2. The minimum Gasteiger partial charge on any atom is -0.492 e. The Morgan fingerprint density at radius 3 is 3.21 bits per heavy atom. The van der Waals surface area contributed by atoms with E-state index in [1.807, 2.05) is 30.9 Å². The Morgan fingerprint density at radius 1 is 1.58 bits per heavy atom. The molecule has 0 aromatic carbocycles. The number of pyridine rings is 1. The second-order valence-electron chi connectivity index (χ2n) is 7.03. The lowest BCUT2D eigenvalue weighted by Crippen LogP contribution is -2.58. The van der Waals surface area contributed by atoms with Crippen LogP contribution in [0.4, 0.5) is 4.79 Å². The van der Waals surface area contributed by atoms with Crippen LogP contribution in [0.25, 0.3) is 0 Å². The van der Waals surface area contributed by atoms with Gasteiger partial charge in [0, 0.05) is 24.7 Å². The lowest BCUT2D eigenvalue weighted by Gasteiger charge is -2.44. The number of hydrogen-bond acceptors (Lipinski definition) is 4. The first-order chi connectivity index (χ1) is 11.6. The molecule has 2 fully saturated rings. The summed E-state index contributed by atoms with van der Waals surface area (Å²) >= 11 is 0. The smallest absolute Gasteiger partial charge is 0.317 e. The number of carbonyl (C=O) groups excluding carboxylic acids is 1. The summed E-state index contributed by atoms with van der Waals surface area (Å²) in [5.41, 5.74) is -0.269. The Hall–Kier alpha value is -1.82. The zero-order valence-corrected chi connectivity index (χ0v) is 14.5. The highest BCUT2D eigenvalue weighted by Gasteiger charge is 2.48. The fraction of sp³-hybridized carbons (Fsp3) is 0.667. The molecule has 1 aromatic heterocycles. The van der Waals surface area contributed by atoms with Gasteiger partial charge in [-0.1, -0.05) is 0 Å². The maximum absolute atomic E-state index is 12.4. The second-order valence-corrected chi connectivity index (χ2v) is 7.03. The maximum Gasteiger partial charge on any atom is 0.317 e. The molecule has 1 saturated carbocycles. The number of amides is 2. The summed E-state index contributed by atoms with van der Waals surface area (Å²) in [5, 5.41) is 2.98. The first-order valence-electron chi connectivity index (χ1n) is 8.81. The summed E-state index contributed by atoms with van der Waals surface area (Å²) in [5.74, 6) is 1.08. The molecule has 24 heavy (non-hydrogen) atoms. The van der Waals surface area contributed by atoms with Gasteiger partial charge in [-0.3, -0.25) is 4.98 Å². The van der Waals surface area contributed by atoms with E-state index in [4.69, 9.17) is 9.47 Å². The molecule has 2 heterocycles. The fourth-order valence-corrected chi connectivity index (χ4v) is 3.70. The van der Waals surface area contributed by atoms with Crippen molar-refractivity contribution in [3.8, 4) is 5.75 Å². The Morgan fingerprint density at radius 2 is 2.46 bits per heavy atom. The van der Waals surface area contributed by atoms with Crippen LogP contribution in [0.5, 0.6) is 5.75 Å². The number of urea groups is 1. The second kappa shape index (κ2) is 7.38. The Kier molecular flexibility index (Phi) is 5.23. The van der Waals surface area contributed by atoms with E-state index >= 15 is 0 Å². The van der Waals surface area contributed by atoms with Gasteiger partial charge in [-0.2, -0.15) is 0 Å². The van der Waals surface area contributed by atoms with Gasteiger partial charge in [0.2, 0.25) is 0 Å². The summed E-state index contributed by atoms with van der Waals surface area (Å²) in [4.78, 5) is 18.3. The number of carbonyl (C=O) groups is 1. The first kappa shape index (κ1) is 17.0. The molecule has 2 atom stereocenters. The molecule has 1 N–H and O–H groups in total. The summed E-state index contributed by atoms with van der Waals surface area (Å²) < 4.78 is 12.1. The molecular formula is C18H27N3O3. The van der Waals surface area contributed by atoms with Crippen LogP contribution < -0.4 is 10.1 Å². The van der Waals surface area contributed by atoms with E-state index in [-0.39, 0.29) is 17.7 Å². The molecule has 1 spiro atoms. The minimum absolute atomic E-state index is 0.00602. The van der Waals surface area contributed by atoms with Gasteiger partial charge >= 0.3 is 6.03 Å². The number of rotatable bonds is 4. The molecule has 0 radical (unpaired) electrons. The van der Waals surface area contributed by atoms with Crippen molar-refractivity contribution < 1.29 is 14.3 Å². The molecule has 1 aliphatic heterocycles. The Labute approximate surface area is 143 Å². The normalized spacial score (nSPS) is 26.8. The van der Waals surface area contributed by atoms with Crippen molar-refractivity contribution in [3.63, 3.8) is 0 Å². The molecular weight excluding hydrogens is 306 g/mol. The van der Waals surface area contributed by atoms with Crippen LogP contribution in [-0.4, -0.2) is 53.9 Å². The Bertz CT molecular complexity index is 552. The third-order valence-corrected chi connectivity index (χ3v) is 4.89. The maximum atomic E-state index is 12.4. The van der Waals surface area contributed by atoms with E-state index in [0.29, 0.717) is 32.2 Å². The van der Waals surface area contributed by atoms with Crippen LogP contribution in [0.2, 0.25) is 0 Å². The number of aromatic nitrogens is 1.